The lowest BCUT2D eigenvalue weighted by atomic mass is 10.1. The van der Waals surface area contributed by atoms with Gasteiger partial charge in [0.25, 0.3) is 0 Å². The number of anilines is 2. The zero-order chi connectivity index (χ0) is 26.3. The van der Waals surface area contributed by atoms with Crippen LogP contribution in [0.25, 0.3) is 0 Å². The van der Waals surface area contributed by atoms with Gasteiger partial charge in [-0.15, -0.1) is 11.8 Å². The minimum Gasteiger partial charge on any atom is -0.481 e. The van der Waals surface area contributed by atoms with Crippen LogP contribution in [-0.2, 0) is 20.6 Å². The van der Waals surface area contributed by atoms with Crippen LogP contribution in [0.5, 0.6) is 0 Å². The summed E-state index contributed by atoms with van der Waals surface area (Å²) in [5.41, 5.74) is -0.113. The fourth-order valence-electron chi connectivity index (χ4n) is 3.12. The molecular formula is C25H20ClF3N2O4S. The Morgan fingerprint density at radius 1 is 0.917 bits per heavy atom. The first-order valence-electron chi connectivity index (χ1n) is 10.5. The van der Waals surface area contributed by atoms with Crippen molar-refractivity contribution in [2.24, 2.45) is 0 Å². The zero-order valence-corrected chi connectivity index (χ0v) is 20.1. The van der Waals surface area contributed by atoms with Crippen molar-refractivity contribution in [3.63, 3.8) is 0 Å². The predicted molar refractivity (Wildman–Crippen MR) is 132 cm³/mol. The number of carboxylic acids is 1. The summed E-state index contributed by atoms with van der Waals surface area (Å²) < 4.78 is 39.4. The molecule has 0 heterocycles. The first kappa shape index (κ1) is 27.1. The number of benzene rings is 3. The lowest BCUT2D eigenvalue weighted by molar-refractivity contribution is -0.138. The van der Waals surface area contributed by atoms with Crippen LogP contribution in [0.15, 0.2) is 77.7 Å². The van der Waals surface area contributed by atoms with Crippen molar-refractivity contribution >= 4 is 52.5 Å². The molecule has 0 spiro atoms. The standard InChI is InChI=1S/C25H20ClF3N2O4S/c26-19-10-9-16(25(27,28)29)13-20(19)31-24(35)23(15-5-2-1-3-6-15)36-18-8-4-7-17(14-18)30-21(32)11-12-22(33)34/h1-10,13-14,23H,11-12H2,(H,30,32)(H,31,35)(H,33,34). The normalized spacial score (nSPS) is 12.0. The third-order valence-electron chi connectivity index (χ3n) is 4.83. The van der Waals surface area contributed by atoms with Gasteiger partial charge in [0.1, 0.15) is 5.25 Å². The van der Waals surface area contributed by atoms with Gasteiger partial charge in [0.05, 0.1) is 22.7 Å². The zero-order valence-electron chi connectivity index (χ0n) is 18.5. The molecule has 0 aliphatic carbocycles. The van der Waals surface area contributed by atoms with Crippen molar-refractivity contribution in [3.05, 3.63) is 88.9 Å². The van der Waals surface area contributed by atoms with Gasteiger partial charge in [0.2, 0.25) is 11.8 Å². The van der Waals surface area contributed by atoms with Crippen LogP contribution in [0.2, 0.25) is 5.02 Å². The molecular weight excluding hydrogens is 517 g/mol. The second-order valence-electron chi connectivity index (χ2n) is 7.56. The van der Waals surface area contributed by atoms with Crippen LogP contribution in [0.1, 0.15) is 29.2 Å². The highest BCUT2D eigenvalue weighted by Gasteiger charge is 2.31. The highest BCUT2D eigenvalue weighted by molar-refractivity contribution is 8.00. The Morgan fingerprint density at radius 3 is 2.31 bits per heavy atom. The van der Waals surface area contributed by atoms with Crippen molar-refractivity contribution in [2.45, 2.75) is 29.2 Å². The number of hydrogen-bond acceptors (Lipinski definition) is 4. The summed E-state index contributed by atoms with van der Waals surface area (Å²) >= 11 is 7.17. The number of rotatable bonds is 9. The molecule has 3 aromatic carbocycles. The van der Waals surface area contributed by atoms with Crippen LogP contribution >= 0.6 is 23.4 Å². The van der Waals surface area contributed by atoms with E-state index in [1.807, 2.05) is 0 Å². The van der Waals surface area contributed by atoms with E-state index in [-0.39, 0.29) is 23.6 Å². The van der Waals surface area contributed by atoms with Gasteiger partial charge in [-0.3, -0.25) is 14.4 Å². The molecule has 3 N–H and O–H groups in total. The van der Waals surface area contributed by atoms with Gasteiger partial charge in [-0.2, -0.15) is 13.2 Å². The van der Waals surface area contributed by atoms with Crippen LogP contribution in [-0.4, -0.2) is 22.9 Å². The smallest absolute Gasteiger partial charge is 0.416 e. The third kappa shape index (κ3) is 7.76. The SMILES string of the molecule is O=C(O)CCC(=O)Nc1cccc(SC(C(=O)Nc2cc(C(F)(F)F)ccc2Cl)c2ccccc2)c1. The molecule has 188 valence electrons. The van der Waals surface area contributed by atoms with E-state index < -0.39 is 34.8 Å². The molecule has 1 unspecified atom stereocenters. The summed E-state index contributed by atoms with van der Waals surface area (Å²) in [6.07, 6.45) is -5.11. The Hall–Kier alpha value is -3.50. The number of carbonyl (C=O) groups is 3. The van der Waals surface area contributed by atoms with E-state index in [1.54, 1.807) is 54.6 Å². The maximum absolute atomic E-state index is 13.2. The van der Waals surface area contributed by atoms with E-state index in [0.717, 1.165) is 30.0 Å². The summed E-state index contributed by atoms with van der Waals surface area (Å²) in [5.74, 6) is -2.16. The van der Waals surface area contributed by atoms with E-state index in [0.29, 0.717) is 16.1 Å². The van der Waals surface area contributed by atoms with E-state index >= 15 is 0 Å². The minimum absolute atomic E-state index is 0.0424. The Labute approximate surface area is 213 Å². The third-order valence-corrected chi connectivity index (χ3v) is 6.41. The van der Waals surface area contributed by atoms with Gasteiger partial charge in [0.15, 0.2) is 0 Å². The van der Waals surface area contributed by atoms with Gasteiger partial charge < -0.3 is 15.7 Å². The molecule has 0 radical (unpaired) electrons. The second-order valence-corrected chi connectivity index (χ2v) is 9.15. The van der Waals surface area contributed by atoms with Gasteiger partial charge in [-0.05, 0) is 42.0 Å². The summed E-state index contributed by atoms with van der Waals surface area (Å²) in [6, 6.07) is 17.9. The van der Waals surface area contributed by atoms with E-state index in [2.05, 4.69) is 10.6 Å². The average Bonchev–Trinajstić information content (AvgIpc) is 2.82. The summed E-state index contributed by atoms with van der Waals surface area (Å²) in [6.45, 7) is 0. The number of thioether (sulfide) groups is 1. The topological polar surface area (TPSA) is 95.5 Å². The Balaban J connectivity index is 1.83. The Bertz CT molecular complexity index is 1260. The van der Waals surface area contributed by atoms with Gasteiger partial charge in [-0.1, -0.05) is 48.0 Å². The lowest BCUT2D eigenvalue weighted by Crippen LogP contribution is -2.20. The molecule has 3 aromatic rings. The van der Waals surface area contributed by atoms with Crippen molar-refractivity contribution in [1.29, 1.82) is 0 Å². The molecule has 0 bridgehead atoms. The molecule has 36 heavy (non-hydrogen) atoms. The number of amides is 2. The molecule has 0 fully saturated rings. The molecule has 0 saturated carbocycles. The molecule has 1 atom stereocenters. The Kier molecular flexibility index (Phi) is 9.00. The minimum atomic E-state index is -4.60. The second kappa shape index (κ2) is 12.0. The largest absolute Gasteiger partial charge is 0.481 e. The lowest BCUT2D eigenvalue weighted by Gasteiger charge is -2.19. The quantitative estimate of drug-likeness (QED) is 0.267. The highest BCUT2D eigenvalue weighted by Crippen LogP contribution is 2.39. The number of halogens is 4. The van der Waals surface area contributed by atoms with Gasteiger partial charge >= 0.3 is 12.1 Å². The number of nitrogens with one attached hydrogen (secondary N) is 2. The van der Waals surface area contributed by atoms with E-state index in [1.165, 1.54) is 0 Å². The highest BCUT2D eigenvalue weighted by atomic mass is 35.5. The summed E-state index contributed by atoms with van der Waals surface area (Å²) in [4.78, 5) is 36.5. The number of carbonyl (C=O) groups excluding carboxylic acids is 2. The van der Waals surface area contributed by atoms with Gasteiger partial charge in [0, 0.05) is 17.0 Å². The first-order chi connectivity index (χ1) is 17.0. The van der Waals surface area contributed by atoms with Crippen molar-refractivity contribution in [2.75, 3.05) is 10.6 Å². The van der Waals surface area contributed by atoms with Crippen LogP contribution in [0.4, 0.5) is 24.5 Å². The Morgan fingerprint density at radius 2 is 1.64 bits per heavy atom. The van der Waals surface area contributed by atoms with E-state index in [4.69, 9.17) is 16.7 Å². The van der Waals surface area contributed by atoms with Gasteiger partial charge in [-0.25, -0.2) is 0 Å². The van der Waals surface area contributed by atoms with Crippen LogP contribution in [0, 0.1) is 0 Å². The van der Waals surface area contributed by atoms with Crippen molar-refractivity contribution in [3.8, 4) is 0 Å². The maximum Gasteiger partial charge on any atom is 0.416 e. The fraction of sp³-hybridized carbons (Fsp3) is 0.160. The summed E-state index contributed by atoms with van der Waals surface area (Å²) in [5, 5.41) is 12.9. The molecule has 0 aromatic heterocycles. The first-order valence-corrected chi connectivity index (χ1v) is 11.8. The summed E-state index contributed by atoms with van der Waals surface area (Å²) in [7, 11) is 0. The molecule has 0 aliphatic heterocycles. The fourth-order valence-corrected chi connectivity index (χ4v) is 4.37. The number of alkyl halides is 3. The molecule has 6 nitrogen and oxygen atoms in total. The molecule has 3 rings (SSSR count). The number of carboxylic acid groups (broad SMARTS) is 1. The molecule has 0 saturated heterocycles. The molecule has 2 amide bonds. The molecule has 0 aliphatic rings. The number of hydrogen-bond donors (Lipinski definition) is 3. The van der Waals surface area contributed by atoms with Crippen LogP contribution in [0.3, 0.4) is 0 Å². The molecule has 11 heteroatoms. The average molecular weight is 537 g/mol. The van der Waals surface area contributed by atoms with Crippen molar-refractivity contribution in [1.82, 2.24) is 0 Å². The number of aliphatic carboxylic acids is 1. The predicted octanol–water partition coefficient (Wildman–Crippen LogP) is 6.63. The monoisotopic (exact) mass is 536 g/mol. The van der Waals surface area contributed by atoms with Crippen molar-refractivity contribution < 1.29 is 32.7 Å². The van der Waals surface area contributed by atoms with Crippen LogP contribution < -0.4 is 10.6 Å². The maximum atomic E-state index is 13.2. The van der Waals surface area contributed by atoms with E-state index in [9.17, 15) is 27.6 Å².